The van der Waals surface area contributed by atoms with Gasteiger partial charge in [-0.3, -0.25) is 0 Å². The second-order valence-corrected chi connectivity index (χ2v) is 6.47. The summed E-state index contributed by atoms with van der Waals surface area (Å²) in [4.78, 5) is 0. The molecule has 0 bridgehead atoms. The molecule has 0 aliphatic rings. The van der Waals surface area contributed by atoms with Gasteiger partial charge in [-0.25, -0.2) is 8.42 Å². The Bertz CT molecular complexity index is 424. The SMILES string of the molecule is CCS(=O)(=O)Cc1ccc(Br)c(C)c1. The molecule has 0 N–H and O–H groups in total. The second kappa shape index (κ2) is 4.45. The molecule has 0 atom stereocenters. The van der Waals surface area contributed by atoms with Crippen molar-refractivity contribution in [3.05, 3.63) is 33.8 Å². The normalized spacial score (nSPS) is 11.6. The Balaban J connectivity index is 2.94. The van der Waals surface area contributed by atoms with E-state index >= 15 is 0 Å². The molecule has 78 valence electrons. The van der Waals surface area contributed by atoms with Gasteiger partial charge in [0.15, 0.2) is 9.84 Å². The van der Waals surface area contributed by atoms with E-state index in [-0.39, 0.29) is 11.5 Å². The third-order valence-electron chi connectivity index (χ3n) is 2.05. The molecule has 0 amide bonds. The molecule has 4 heteroatoms. The maximum atomic E-state index is 11.4. The fourth-order valence-electron chi connectivity index (χ4n) is 1.15. The van der Waals surface area contributed by atoms with E-state index < -0.39 is 9.84 Å². The van der Waals surface area contributed by atoms with Gasteiger partial charge in [0.05, 0.1) is 5.75 Å². The summed E-state index contributed by atoms with van der Waals surface area (Å²) in [5.41, 5.74) is 1.92. The Morgan fingerprint density at radius 2 is 2.00 bits per heavy atom. The molecule has 0 unspecified atom stereocenters. The smallest absolute Gasteiger partial charge is 0.154 e. The van der Waals surface area contributed by atoms with Crippen molar-refractivity contribution >= 4 is 25.8 Å². The molecule has 0 saturated carbocycles. The Morgan fingerprint density at radius 1 is 1.36 bits per heavy atom. The molecule has 0 aliphatic heterocycles. The lowest BCUT2D eigenvalue weighted by Crippen LogP contribution is -2.06. The molecule has 0 aliphatic carbocycles. The molecular formula is C10H13BrO2S. The van der Waals surface area contributed by atoms with Crippen molar-refractivity contribution in [3.8, 4) is 0 Å². The van der Waals surface area contributed by atoms with Crippen LogP contribution in [0.25, 0.3) is 0 Å². The molecule has 1 rings (SSSR count). The topological polar surface area (TPSA) is 34.1 Å². The van der Waals surface area contributed by atoms with Crippen molar-refractivity contribution < 1.29 is 8.42 Å². The summed E-state index contributed by atoms with van der Waals surface area (Å²) in [5, 5.41) is 0. The van der Waals surface area contributed by atoms with Gasteiger partial charge in [0.1, 0.15) is 0 Å². The fourth-order valence-corrected chi connectivity index (χ4v) is 2.29. The number of benzene rings is 1. The highest BCUT2D eigenvalue weighted by Gasteiger charge is 2.09. The van der Waals surface area contributed by atoms with E-state index in [1.54, 1.807) is 6.92 Å². The van der Waals surface area contributed by atoms with E-state index in [4.69, 9.17) is 0 Å². The molecule has 0 heterocycles. The molecular weight excluding hydrogens is 264 g/mol. The Hall–Kier alpha value is -0.350. The van der Waals surface area contributed by atoms with E-state index in [1.807, 2.05) is 25.1 Å². The maximum Gasteiger partial charge on any atom is 0.154 e. The van der Waals surface area contributed by atoms with Crippen LogP contribution >= 0.6 is 15.9 Å². The van der Waals surface area contributed by atoms with Crippen molar-refractivity contribution in [1.29, 1.82) is 0 Å². The molecule has 0 spiro atoms. The third kappa shape index (κ3) is 3.10. The standard InChI is InChI=1S/C10H13BrO2S/c1-3-14(12,13)7-9-4-5-10(11)8(2)6-9/h4-6H,3,7H2,1-2H3. The molecule has 0 aromatic heterocycles. The minimum Gasteiger partial charge on any atom is -0.229 e. The highest BCUT2D eigenvalue weighted by molar-refractivity contribution is 9.10. The minimum absolute atomic E-state index is 0.137. The average Bonchev–Trinajstić information content (AvgIpc) is 2.11. The monoisotopic (exact) mass is 276 g/mol. The van der Waals surface area contributed by atoms with Gasteiger partial charge in [-0.05, 0) is 24.1 Å². The first-order valence-corrected chi connectivity index (χ1v) is 7.01. The first kappa shape index (κ1) is 11.7. The Morgan fingerprint density at radius 3 is 2.50 bits per heavy atom. The van der Waals surface area contributed by atoms with E-state index in [9.17, 15) is 8.42 Å². The van der Waals surface area contributed by atoms with Crippen LogP contribution < -0.4 is 0 Å². The summed E-state index contributed by atoms with van der Waals surface area (Å²) in [5.74, 6) is 0.333. The Labute approximate surface area is 93.4 Å². The number of halogens is 1. The molecule has 0 saturated heterocycles. The first-order chi connectivity index (χ1) is 6.44. The zero-order valence-corrected chi connectivity index (χ0v) is 10.7. The molecule has 0 radical (unpaired) electrons. The van der Waals surface area contributed by atoms with Gasteiger partial charge in [0.2, 0.25) is 0 Å². The largest absolute Gasteiger partial charge is 0.229 e. The summed E-state index contributed by atoms with van der Waals surface area (Å²) >= 11 is 3.38. The highest BCUT2D eigenvalue weighted by Crippen LogP contribution is 2.18. The third-order valence-corrected chi connectivity index (χ3v) is 4.59. The van der Waals surface area contributed by atoms with Crippen LogP contribution in [-0.2, 0) is 15.6 Å². The van der Waals surface area contributed by atoms with Gasteiger partial charge in [-0.1, -0.05) is 35.0 Å². The fraction of sp³-hybridized carbons (Fsp3) is 0.400. The van der Waals surface area contributed by atoms with E-state index in [2.05, 4.69) is 15.9 Å². The highest BCUT2D eigenvalue weighted by atomic mass is 79.9. The van der Waals surface area contributed by atoms with E-state index in [1.165, 1.54) is 0 Å². The first-order valence-electron chi connectivity index (χ1n) is 4.40. The van der Waals surface area contributed by atoms with Gasteiger partial charge in [0, 0.05) is 10.2 Å². The molecule has 2 nitrogen and oxygen atoms in total. The van der Waals surface area contributed by atoms with Gasteiger partial charge in [-0.2, -0.15) is 0 Å². The zero-order valence-electron chi connectivity index (χ0n) is 8.25. The lowest BCUT2D eigenvalue weighted by molar-refractivity contribution is 0.596. The zero-order chi connectivity index (χ0) is 10.8. The van der Waals surface area contributed by atoms with Crippen LogP contribution in [0, 0.1) is 6.92 Å². The predicted molar refractivity (Wildman–Crippen MR) is 62.0 cm³/mol. The van der Waals surface area contributed by atoms with Crippen molar-refractivity contribution in [3.63, 3.8) is 0 Å². The Kier molecular flexibility index (Phi) is 3.72. The predicted octanol–water partition coefficient (Wildman–Crippen LogP) is 2.69. The second-order valence-electron chi connectivity index (χ2n) is 3.26. The molecule has 1 aromatic carbocycles. The maximum absolute atomic E-state index is 11.4. The van der Waals surface area contributed by atoms with Crippen LogP contribution in [-0.4, -0.2) is 14.2 Å². The summed E-state index contributed by atoms with van der Waals surface area (Å²) in [6, 6.07) is 5.62. The number of aryl methyl sites for hydroxylation is 1. The van der Waals surface area contributed by atoms with Crippen LogP contribution in [0.1, 0.15) is 18.1 Å². The van der Waals surface area contributed by atoms with Crippen molar-refractivity contribution in [2.24, 2.45) is 0 Å². The minimum atomic E-state index is -2.92. The van der Waals surface area contributed by atoms with Crippen LogP contribution in [0.4, 0.5) is 0 Å². The van der Waals surface area contributed by atoms with Crippen molar-refractivity contribution in [2.45, 2.75) is 19.6 Å². The summed E-state index contributed by atoms with van der Waals surface area (Å²) in [7, 11) is -2.92. The van der Waals surface area contributed by atoms with Crippen LogP contribution in [0.2, 0.25) is 0 Å². The van der Waals surface area contributed by atoms with Crippen LogP contribution in [0.15, 0.2) is 22.7 Å². The van der Waals surface area contributed by atoms with Crippen LogP contribution in [0.5, 0.6) is 0 Å². The molecule has 0 fully saturated rings. The van der Waals surface area contributed by atoms with Crippen LogP contribution in [0.3, 0.4) is 0 Å². The summed E-state index contributed by atoms with van der Waals surface area (Å²) in [6.45, 7) is 3.62. The van der Waals surface area contributed by atoms with Crippen molar-refractivity contribution in [2.75, 3.05) is 5.75 Å². The number of hydrogen-bond acceptors (Lipinski definition) is 2. The van der Waals surface area contributed by atoms with Gasteiger partial charge < -0.3 is 0 Å². The summed E-state index contributed by atoms with van der Waals surface area (Å²) < 4.78 is 23.7. The van der Waals surface area contributed by atoms with Crippen molar-refractivity contribution in [1.82, 2.24) is 0 Å². The van der Waals surface area contributed by atoms with Gasteiger partial charge in [-0.15, -0.1) is 0 Å². The van der Waals surface area contributed by atoms with Gasteiger partial charge in [0.25, 0.3) is 0 Å². The molecule has 1 aromatic rings. The number of rotatable bonds is 3. The average molecular weight is 277 g/mol. The number of sulfone groups is 1. The lowest BCUT2D eigenvalue weighted by Gasteiger charge is -2.04. The molecule has 14 heavy (non-hydrogen) atoms. The van der Waals surface area contributed by atoms with E-state index in [0.717, 1.165) is 15.6 Å². The van der Waals surface area contributed by atoms with E-state index in [0.29, 0.717) is 0 Å². The lowest BCUT2D eigenvalue weighted by atomic mass is 10.2. The summed E-state index contributed by atoms with van der Waals surface area (Å²) in [6.07, 6.45) is 0. The quantitative estimate of drug-likeness (QED) is 0.851. The number of hydrogen-bond donors (Lipinski definition) is 0. The van der Waals surface area contributed by atoms with Gasteiger partial charge >= 0.3 is 0 Å².